The summed E-state index contributed by atoms with van der Waals surface area (Å²) in [5, 5.41) is 4.44. The van der Waals surface area contributed by atoms with Gasteiger partial charge in [0.1, 0.15) is 23.7 Å². The number of hydrogen-bond acceptors (Lipinski definition) is 5. The first-order valence-corrected chi connectivity index (χ1v) is 12.3. The van der Waals surface area contributed by atoms with E-state index in [9.17, 15) is 9.35 Å². The number of hydrogen-bond donors (Lipinski definition) is 1. The lowest BCUT2D eigenvalue weighted by molar-refractivity contribution is 0.0566. The number of amides is 1. The first kappa shape index (κ1) is 20.0. The highest BCUT2D eigenvalue weighted by atomic mass is 32.2. The second kappa shape index (κ2) is 8.18. The van der Waals surface area contributed by atoms with Gasteiger partial charge in [-0.05, 0) is 26.8 Å². The lowest BCUT2D eigenvalue weighted by Gasteiger charge is -2.20. The van der Waals surface area contributed by atoms with Gasteiger partial charge in [-0.25, -0.2) is 4.79 Å². The Morgan fingerprint density at radius 3 is 2.65 bits per heavy atom. The molecule has 1 aromatic rings. The molecular weight excluding hydrogens is 334 g/mol. The third-order valence-electron chi connectivity index (χ3n) is 2.65. The minimum atomic E-state index is -1.75. The number of nitrogens with one attached hydrogen (secondary N) is 1. The molecule has 0 aliphatic heterocycles. The Morgan fingerprint density at radius 1 is 1.43 bits per heavy atom. The predicted molar refractivity (Wildman–Crippen MR) is 92.1 cm³/mol. The van der Waals surface area contributed by atoms with Gasteiger partial charge in [-0.1, -0.05) is 19.6 Å². The third kappa shape index (κ3) is 8.40. The predicted octanol–water partition coefficient (Wildman–Crippen LogP) is 2.74. The second-order valence-electron chi connectivity index (χ2n) is 7.39. The van der Waals surface area contributed by atoms with Gasteiger partial charge in [-0.15, -0.1) is 4.72 Å². The van der Waals surface area contributed by atoms with Gasteiger partial charge in [0.15, 0.2) is 0 Å². The monoisotopic (exact) mass is 361 g/mol. The van der Waals surface area contributed by atoms with Crippen LogP contribution in [0.25, 0.3) is 0 Å². The van der Waals surface area contributed by atoms with Crippen molar-refractivity contribution >= 4 is 25.5 Å². The molecule has 1 heterocycles. The Bertz CT molecular complexity index is 511. The fourth-order valence-electron chi connectivity index (χ4n) is 1.53. The van der Waals surface area contributed by atoms with Crippen LogP contribution in [0.5, 0.6) is 0 Å². The van der Waals surface area contributed by atoms with Crippen LogP contribution in [-0.2, 0) is 27.6 Å². The van der Waals surface area contributed by atoms with Crippen molar-refractivity contribution < 1.29 is 18.8 Å². The van der Waals surface area contributed by atoms with Crippen molar-refractivity contribution in [3.63, 3.8) is 0 Å². The summed E-state index contributed by atoms with van der Waals surface area (Å²) in [5.41, 5.74) is -0.644. The highest BCUT2D eigenvalue weighted by Crippen LogP contribution is 2.12. The number of rotatable bonds is 7. The van der Waals surface area contributed by atoms with Crippen molar-refractivity contribution in [1.82, 2.24) is 14.5 Å². The molecule has 0 bridgehead atoms. The quantitative estimate of drug-likeness (QED) is 0.458. The number of carbonyl (C=O) groups excluding carboxylic acids is 1. The number of aromatic nitrogens is 2. The average molecular weight is 362 g/mol. The van der Waals surface area contributed by atoms with Crippen LogP contribution >= 0.6 is 0 Å². The van der Waals surface area contributed by atoms with E-state index in [1.165, 1.54) is 10.9 Å². The summed E-state index contributed by atoms with van der Waals surface area (Å²) in [6.45, 7) is 12.9. The van der Waals surface area contributed by atoms with E-state index in [2.05, 4.69) is 29.5 Å². The molecule has 1 aromatic heterocycles. The van der Waals surface area contributed by atoms with E-state index in [-0.39, 0.29) is 6.73 Å². The molecule has 23 heavy (non-hydrogen) atoms. The zero-order valence-corrected chi connectivity index (χ0v) is 16.5. The highest BCUT2D eigenvalue weighted by Gasteiger charge is 2.25. The van der Waals surface area contributed by atoms with E-state index < -0.39 is 31.1 Å². The van der Waals surface area contributed by atoms with E-state index in [1.54, 1.807) is 26.8 Å². The second-order valence-corrected chi connectivity index (χ2v) is 14.2. The molecule has 1 atom stereocenters. The molecule has 7 nitrogen and oxygen atoms in total. The first-order chi connectivity index (χ1) is 10.5. The van der Waals surface area contributed by atoms with Crippen molar-refractivity contribution in [2.75, 3.05) is 6.61 Å². The lowest BCUT2D eigenvalue weighted by Crippen LogP contribution is -2.37. The van der Waals surface area contributed by atoms with Gasteiger partial charge in [-0.3, -0.25) is 0 Å². The Labute approximate surface area is 142 Å². The zero-order valence-electron chi connectivity index (χ0n) is 14.7. The summed E-state index contributed by atoms with van der Waals surface area (Å²) in [7, 11) is -1.15. The molecule has 1 N–H and O–H groups in total. The Morgan fingerprint density at radius 2 is 2.09 bits per heavy atom. The largest absolute Gasteiger partial charge is 0.586 e. The van der Waals surface area contributed by atoms with Crippen molar-refractivity contribution in [1.29, 1.82) is 0 Å². The SMILES string of the molecule is CC(C)(C)OC(=O)N[S+]([O-])c1ccnn1COCC[Si](C)(C)C. The summed E-state index contributed by atoms with van der Waals surface area (Å²) in [5.74, 6) is 0. The van der Waals surface area contributed by atoms with Crippen molar-refractivity contribution in [2.45, 2.75) is 63.8 Å². The van der Waals surface area contributed by atoms with Crippen LogP contribution < -0.4 is 4.72 Å². The molecule has 132 valence electrons. The smallest absolute Gasteiger partial charge is 0.449 e. The normalized spacial score (nSPS) is 13.7. The van der Waals surface area contributed by atoms with E-state index in [0.717, 1.165) is 6.04 Å². The molecule has 0 aromatic carbocycles. The minimum Gasteiger partial charge on any atom is -0.586 e. The maximum absolute atomic E-state index is 12.2. The maximum atomic E-state index is 12.2. The standard InChI is InChI=1S/C14H27N3O4SSi/c1-14(2,3)21-13(18)16-22(19)12-7-8-15-17(12)11-20-9-10-23(4,5)6/h7-8H,9-11H2,1-6H3,(H,16,18). The molecule has 0 aliphatic rings. The van der Waals surface area contributed by atoms with Crippen LogP contribution in [0.1, 0.15) is 20.8 Å². The molecular formula is C14H27N3O4SSi. The topological polar surface area (TPSA) is 88.4 Å². The van der Waals surface area contributed by atoms with E-state index in [4.69, 9.17) is 9.47 Å². The van der Waals surface area contributed by atoms with Crippen LogP contribution in [0.2, 0.25) is 25.7 Å². The fourth-order valence-corrected chi connectivity index (χ4v) is 3.06. The average Bonchev–Trinajstić information content (AvgIpc) is 2.79. The van der Waals surface area contributed by atoms with Gasteiger partial charge in [0, 0.05) is 20.7 Å². The van der Waals surface area contributed by atoms with Crippen molar-refractivity contribution in [2.24, 2.45) is 0 Å². The van der Waals surface area contributed by atoms with Crippen molar-refractivity contribution in [3.05, 3.63) is 12.3 Å². The van der Waals surface area contributed by atoms with Gasteiger partial charge in [0.05, 0.1) is 6.20 Å². The summed E-state index contributed by atoms with van der Waals surface area (Å²) >= 11 is -1.75. The first-order valence-electron chi connectivity index (χ1n) is 7.49. The molecule has 0 fully saturated rings. The van der Waals surface area contributed by atoms with Gasteiger partial charge >= 0.3 is 6.09 Å². The van der Waals surface area contributed by atoms with Gasteiger partial charge < -0.3 is 14.0 Å². The molecule has 0 aliphatic carbocycles. The van der Waals surface area contributed by atoms with Gasteiger partial charge in [0.25, 0.3) is 5.03 Å². The third-order valence-corrected chi connectivity index (χ3v) is 5.44. The van der Waals surface area contributed by atoms with Crippen molar-refractivity contribution in [3.8, 4) is 0 Å². The Hall–Kier alpha value is -1.03. The minimum absolute atomic E-state index is 0.203. The summed E-state index contributed by atoms with van der Waals surface area (Å²) < 4.78 is 26.6. The van der Waals surface area contributed by atoms with E-state index >= 15 is 0 Å². The Kier molecular flexibility index (Phi) is 7.12. The summed E-state index contributed by atoms with van der Waals surface area (Å²) in [6, 6.07) is 2.62. The molecule has 0 spiro atoms. The van der Waals surface area contributed by atoms with Crippen LogP contribution in [-0.4, -0.2) is 40.7 Å². The zero-order chi connectivity index (χ0) is 17.7. The van der Waals surface area contributed by atoms with Gasteiger partial charge in [0.2, 0.25) is 0 Å². The molecule has 1 unspecified atom stereocenters. The number of nitrogens with zero attached hydrogens (tertiary/aromatic N) is 2. The number of ether oxygens (including phenoxy) is 2. The molecule has 1 amide bonds. The lowest BCUT2D eigenvalue weighted by atomic mass is 10.2. The fraction of sp³-hybridized carbons (Fsp3) is 0.714. The van der Waals surface area contributed by atoms with E-state index in [1.807, 2.05) is 0 Å². The molecule has 9 heteroatoms. The van der Waals surface area contributed by atoms with Crippen LogP contribution in [0.15, 0.2) is 17.3 Å². The molecule has 0 saturated heterocycles. The molecule has 0 saturated carbocycles. The Balaban J connectivity index is 2.51. The highest BCUT2D eigenvalue weighted by molar-refractivity contribution is 7.90. The molecule has 0 radical (unpaired) electrons. The van der Waals surface area contributed by atoms with Crippen LogP contribution in [0.3, 0.4) is 0 Å². The maximum Gasteiger partial charge on any atom is 0.449 e. The van der Waals surface area contributed by atoms with Crippen LogP contribution in [0.4, 0.5) is 4.79 Å². The van der Waals surface area contributed by atoms with Crippen LogP contribution in [0, 0.1) is 0 Å². The summed E-state index contributed by atoms with van der Waals surface area (Å²) in [6.07, 6.45) is 0.787. The number of carbonyl (C=O) groups is 1. The molecule has 1 rings (SSSR count). The van der Waals surface area contributed by atoms with E-state index in [0.29, 0.717) is 11.6 Å². The summed E-state index contributed by atoms with van der Waals surface area (Å²) in [4.78, 5) is 11.7. The van der Waals surface area contributed by atoms with Gasteiger partial charge in [-0.2, -0.15) is 9.78 Å².